The molecule has 0 N–H and O–H groups in total. The average molecular weight is 328 g/mol. The predicted octanol–water partition coefficient (Wildman–Crippen LogP) is 1.96. The summed E-state index contributed by atoms with van der Waals surface area (Å²) in [5.74, 6) is 1.48. The third-order valence-electron chi connectivity index (χ3n) is 4.36. The van der Waals surface area contributed by atoms with Crippen LogP contribution >= 0.6 is 0 Å². The first-order valence-corrected chi connectivity index (χ1v) is 8.45. The summed E-state index contributed by atoms with van der Waals surface area (Å²) >= 11 is 0. The highest BCUT2D eigenvalue weighted by molar-refractivity contribution is 5.76. The highest BCUT2D eigenvalue weighted by Gasteiger charge is 2.22. The van der Waals surface area contributed by atoms with Crippen molar-refractivity contribution >= 4 is 5.91 Å². The van der Waals surface area contributed by atoms with Crippen molar-refractivity contribution < 1.29 is 9.21 Å². The smallest absolute Gasteiger partial charge is 0.230 e. The van der Waals surface area contributed by atoms with Gasteiger partial charge in [0.05, 0.1) is 6.54 Å². The molecule has 0 atom stereocenters. The SMILES string of the molecule is Cc1cccc(CCC(=O)N2CCN(Cc3nnc(C)o3)CC2)c1. The van der Waals surface area contributed by atoms with Crippen molar-refractivity contribution in [2.24, 2.45) is 0 Å². The molecule has 3 rings (SSSR count). The van der Waals surface area contributed by atoms with Crippen LogP contribution in [0.5, 0.6) is 0 Å². The number of hydrogen-bond acceptors (Lipinski definition) is 5. The second-order valence-corrected chi connectivity index (χ2v) is 6.36. The first-order chi connectivity index (χ1) is 11.6. The normalized spacial score (nSPS) is 15.7. The number of aryl methyl sites for hydroxylation is 3. The van der Waals surface area contributed by atoms with Crippen LogP contribution in [0.3, 0.4) is 0 Å². The molecule has 0 bridgehead atoms. The molecular formula is C18H24N4O2. The van der Waals surface area contributed by atoms with E-state index >= 15 is 0 Å². The topological polar surface area (TPSA) is 62.5 Å². The zero-order valence-corrected chi connectivity index (χ0v) is 14.4. The number of carbonyl (C=O) groups is 1. The predicted molar refractivity (Wildman–Crippen MR) is 90.4 cm³/mol. The minimum absolute atomic E-state index is 0.241. The quantitative estimate of drug-likeness (QED) is 0.840. The summed E-state index contributed by atoms with van der Waals surface area (Å²) < 4.78 is 5.41. The Labute approximate surface area is 142 Å². The van der Waals surface area contributed by atoms with Gasteiger partial charge < -0.3 is 9.32 Å². The Morgan fingerprint density at radius 2 is 1.96 bits per heavy atom. The Balaban J connectivity index is 1.43. The molecule has 0 spiro atoms. The first-order valence-electron chi connectivity index (χ1n) is 8.45. The standard InChI is InChI=1S/C18H24N4O2/c1-14-4-3-5-16(12-14)6-7-18(23)22-10-8-21(9-11-22)13-17-20-19-15(2)24-17/h3-5,12H,6-11,13H2,1-2H3. The van der Waals surface area contributed by atoms with Crippen LogP contribution in [-0.4, -0.2) is 52.1 Å². The van der Waals surface area contributed by atoms with E-state index < -0.39 is 0 Å². The van der Waals surface area contributed by atoms with Crippen molar-refractivity contribution in [1.29, 1.82) is 0 Å². The molecular weight excluding hydrogens is 304 g/mol. The maximum Gasteiger partial charge on any atom is 0.230 e. The molecule has 1 amide bonds. The van der Waals surface area contributed by atoms with Crippen LogP contribution in [0.1, 0.15) is 29.3 Å². The molecule has 2 aromatic rings. The highest BCUT2D eigenvalue weighted by Crippen LogP contribution is 2.11. The van der Waals surface area contributed by atoms with E-state index in [0.717, 1.165) is 32.6 Å². The number of benzene rings is 1. The molecule has 1 aliphatic rings. The molecule has 1 aliphatic heterocycles. The minimum Gasteiger partial charge on any atom is -0.424 e. The van der Waals surface area contributed by atoms with E-state index in [4.69, 9.17) is 4.42 Å². The van der Waals surface area contributed by atoms with Crippen molar-refractivity contribution in [2.45, 2.75) is 33.2 Å². The zero-order valence-electron chi connectivity index (χ0n) is 14.4. The van der Waals surface area contributed by atoms with Crippen LogP contribution in [0.4, 0.5) is 0 Å². The summed E-state index contributed by atoms with van der Waals surface area (Å²) in [4.78, 5) is 16.6. The van der Waals surface area contributed by atoms with Crippen LogP contribution in [-0.2, 0) is 17.8 Å². The maximum absolute atomic E-state index is 12.4. The molecule has 1 saturated heterocycles. The third kappa shape index (κ3) is 4.41. The van der Waals surface area contributed by atoms with E-state index in [0.29, 0.717) is 24.7 Å². The van der Waals surface area contributed by atoms with Gasteiger partial charge in [-0.05, 0) is 18.9 Å². The van der Waals surface area contributed by atoms with Crippen LogP contribution in [0.2, 0.25) is 0 Å². The van der Waals surface area contributed by atoms with Crippen molar-refractivity contribution in [3.05, 3.63) is 47.2 Å². The summed E-state index contributed by atoms with van der Waals surface area (Å²) in [6.07, 6.45) is 1.38. The van der Waals surface area contributed by atoms with E-state index in [1.54, 1.807) is 6.92 Å². The van der Waals surface area contributed by atoms with Gasteiger partial charge in [-0.2, -0.15) is 0 Å². The molecule has 0 aliphatic carbocycles. The lowest BCUT2D eigenvalue weighted by Crippen LogP contribution is -2.48. The van der Waals surface area contributed by atoms with Crippen LogP contribution in [0.15, 0.2) is 28.7 Å². The summed E-state index contributed by atoms with van der Waals surface area (Å²) in [6, 6.07) is 8.37. The summed E-state index contributed by atoms with van der Waals surface area (Å²) in [7, 11) is 0. The van der Waals surface area contributed by atoms with E-state index in [1.807, 2.05) is 11.0 Å². The molecule has 2 heterocycles. The minimum atomic E-state index is 0.241. The molecule has 6 nitrogen and oxygen atoms in total. The van der Waals surface area contributed by atoms with Crippen molar-refractivity contribution in [1.82, 2.24) is 20.0 Å². The van der Waals surface area contributed by atoms with Gasteiger partial charge in [0.2, 0.25) is 17.7 Å². The Hall–Kier alpha value is -2.21. The number of nitrogens with zero attached hydrogens (tertiary/aromatic N) is 4. The lowest BCUT2D eigenvalue weighted by atomic mass is 10.1. The molecule has 128 valence electrons. The van der Waals surface area contributed by atoms with Gasteiger partial charge in [0.25, 0.3) is 0 Å². The van der Waals surface area contributed by atoms with E-state index in [-0.39, 0.29) is 5.91 Å². The monoisotopic (exact) mass is 328 g/mol. The molecule has 1 aromatic carbocycles. The summed E-state index contributed by atoms with van der Waals surface area (Å²) in [5, 5.41) is 7.87. The number of piperazine rings is 1. The van der Waals surface area contributed by atoms with Crippen LogP contribution in [0.25, 0.3) is 0 Å². The molecule has 1 aromatic heterocycles. The number of amides is 1. The number of carbonyl (C=O) groups excluding carboxylic acids is 1. The molecule has 6 heteroatoms. The van der Waals surface area contributed by atoms with Gasteiger partial charge in [-0.1, -0.05) is 29.8 Å². The molecule has 0 unspecified atom stereocenters. The van der Waals surface area contributed by atoms with Gasteiger partial charge >= 0.3 is 0 Å². The third-order valence-corrected chi connectivity index (χ3v) is 4.36. The molecule has 1 fully saturated rings. The number of hydrogen-bond donors (Lipinski definition) is 0. The summed E-state index contributed by atoms with van der Waals surface area (Å²) in [5.41, 5.74) is 2.47. The zero-order chi connectivity index (χ0) is 16.9. The fourth-order valence-corrected chi connectivity index (χ4v) is 3.03. The summed E-state index contributed by atoms with van der Waals surface area (Å²) in [6.45, 7) is 7.75. The molecule has 0 radical (unpaired) electrons. The van der Waals surface area contributed by atoms with Gasteiger partial charge in [0, 0.05) is 39.5 Å². The van der Waals surface area contributed by atoms with Gasteiger partial charge in [-0.3, -0.25) is 9.69 Å². The van der Waals surface area contributed by atoms with E-state index in [9.17, 15) is 4.79 Å². The second kappa shape index (κ2) is 7.57. The van der Waals surface area contributed by atoms with Crippen LogP contribution < -0.4 is 0 Å². The number of rotatable bonds is 5. The fraction of sp³-hybridized carbons (Fsp3) is 0.500. The van der Waals surface area contributed by atoms with Gasteiger partial charge in [0.15, 0.2) is 0 Å². The average Bonchev–Trinajstić information content (AvgIpc) is 2.98. The van der Waals surface area contributed by atoms with Crippen LogP contribution in [0, 0.1) is 13.8 Å². The lowest BCUT2D eigenvalue weighted by molar-refractivity contribution is -0.133. The second-order valence-electron chi connectivity index (χ2n) is 6.36. The van der Waals surface area contributed by atoms with Crippen molar-refractivity contribution in [3.8, 4) is 0 Å². The Bertz CT molecular complexity index is 690. The van der Waals surface area contributed by atoms with Crippen molar-refractivity contribution in [3.63, 3.8) is 0 Å². The van der Waals surface area contributed by atoms with E-state index in [1.165, 1.54) is 11.1 Å². The number of aromatic nitrogens is 2. The molecule has 0 saturated carbocycles. The van der Waals surface area contributed by atoms with E-state index in [2.05, 4.69) is 40.2 Å². The molecule has 24 heavy (non-hydrogen) atoms. The Morgan fingerprint density at radius 1 is 1.17 bits per heavy atom. The Morgan fingerprint density at radius 3 is 2.62 bits per heavy atom. The first kappa shape index (κ1) is 16.6. The van der Waals surface area contributed by atoms with Gasteiger partial charge in [-0.15, -0.1) is 10.2 Å². The van der Waals surface area contributed by atoms with Gasteiger partial charge in [-0.25, -0.2) is 0 Å². The largest absolute Gasteiger partial charge is 0.424 e. The highest BCUT2D eigenvalue weighted by atomic mass is 16.4. The fourth-order valence-electron chi connectivity index (χ4n) is 3.03. The maximum atomic E-state index is 12.4. The lowest BCUT2D eigenvalue weighted by Gasteiger charge is -2.34. The van der Waals surface area contributed by atoms with Crippen molar-refractivity contribution in [2.75, 3.05) is 26.2 Å². The Kier molecular flexibility index (Phi) is 5.25. The van der Waals surface area contributed by atoms with Gasteiger partial charge in [0.1, 0.15) is 0 Å².